The Morgan fingerprint density at radius 1 is 0.348 bits per heavy atom. The monoisotopic (exact) mass is 640 g/mol. The standard InChI is InChI=1S/C38H28N2O3P2.H2O/c41-44(31-13-5-1-6-14-31,32-15-7-2-8-16-32)35-25-21-29(22-26-35)37-39-40-38(43-37)30-23-27-36(28-24-30)45(42,33-17-9-3-10-18-33)34-19-11-4-12-20-34;/h1-28H;1H2. The van der Waals surface area contributed by atoms with E-state index >= 15 is 0 Å². The second kappa shape index (κ2) is 13.1. The van der Waals surface area contributed by atoms with Gasteiger partial charge in [-0.2, -0.15) is 0 Å². The van der Waals surface area contributed by atoms with Crippen molar-refractivity contribution in [3.63, 3.8) is 0 Å². The predicted molar refractivity (Wildman–Crippen MR) is 188 cm³/mol. The first-order chi connectivity index (χ1) is 22.1. The highest BCUT2D eigenvalue weighted by atomic mass is 31.2. The first kappa shape index (κ1) is 30.9. The minimum absolute atomic E-state index is 0. The van der Waals surface area contributed by atoms with Crippen molar-refractivity contribution in [1.82, 2.24) is 10.2 Å². The van der Waals surface area contributed by atoms with Crippen molar-refractivity contribution in [2.45, 2.75) is 0 Å². The molecule has 0 aliphatic carbocycles. The number of nitrogens with zero attached hydrogens (tertiary/aromatic N) is 2. The van der Waals surface area contributed by atoms with Gasteiger partial charge < -0.3 is 19.0 Å². The number of aromatic nitrogens is 2. The van der Waals surface area contributed by atoms with Gasteiger partial charge in [0.2, 0.25) is 11.8 Å². The minimum atomic E-state index is -3.08. The average molecular weight is 641 g/mol. The Labute approximate surface area is 267 Å². The highest BCUT2D eigenvalue weighted by molar-refractivity contribution is 7.85. The van der Waals surface area contributed by atoms with Gasteiger partial charge in [-0.05, 0) is 24.3 Å². The molecule has 2 N–H and O–H groups in total. The third-order valence-corrected chi connectivity index (χ3v) is 14.0. The lowest BCUT2D eigenvalue weighted by atomic mass is 10.2. The van der Waals surface area contributed by atoms with E-state index in [4.69, 9.17) is 4.42 Å². The van der Waals surface area contributed by atoms with Crippen LogP contribution in [0.1, 0.15) is 0 Å². The molecular formula is C38H30N2O4P2. The van der Waals surface area contributed by atoms with E-state index in [0.29, 0.717) is 11.8 Å². The summed E-state index contributed by atoms with van der Waals surface area (Å²) in [5.74, 6) is 0.711. The molecule has 46 heavy (non-hydrogen) atoms. The summed E-state index contributed by atoms with van der Waals surface area (Å²) in [6.07, 6.45) is 0. The number of hydrogen-bond donors (Lipinski definition) is 0. The fraction of sp³-hybridized carbons (Fsp3) is 0. The molecule has 0 fully saturated rings. The zero-order valence-corrected chi connectivity index (χ0v) is 26.5. The Kier molecular flexibility index (Phi) is 8.78. The predicted octanol–water partition coefficient (Wildman–Crippen LogP) is 5.86. The van der Waals surface area contributed by atoms with Crippen LogP contribution < -0.4 is 31.8 Å². The highest BCUT2D eigenvalue weighted by Gasteiger charge is 2.31. The van der Waals surface area contributed by atoms with Crippen LogP contribution in [0.4, 0.5) is 0 Å². The Morgan fingerprint density at radius 3 is 0.848 bits per heavy atom. The Balaban J connectivity index is 0.00000372. The molecule has 6 nitrogen and oxygen atoms in total. The van der Waals surface area contributed by atoms with Crippen LogP contribution in [0, 0.1) is 0 Å². The van der Waals surface area contributed by atoms with Crippen LogP contribution >= 0.6 is 14.3 Å². The van der Waals surface area contributed by atoms with Crippen LogP contribution in [-0.4, -0.2) is 15.7 Å². The van der Waals surface area contributed by atoms with Crippen molar-refractivity contribution in [3.8, 4) is 22.9 Å². The van der Waals surface area contributed by atoms with Gasteiger partial charge in [-0.1, -0.05) is 146 Å². The van der Waals surface area contributed by atoms with Crippen LogP contribution in [0.2, 0.25) is 0 Å². The van der Waals surface area contributed by atoms with E-state index in [0.717, 1.165) is 43.0 Å². The maximum Gasteiger partial charge on any atom is 0.248 e. The normalized spacial score (nSPS) is 11.5. The quantitative estimate of drug-likeness (QED) is 0.194. The van der Waals surface area contributed by atoms with E-state index in [1.165, 1.54) is 0 Å². The van der Waals surface area contributed by atoms with Crippen LogP contribution in [0.15, 0.2) is 174 Å². The molecule has 0 aliphatic rings. The lowest BCUT2D eigenvalue weighted by Crippen LogP contribution is -2.24. The molecule has 8 heteroatoms. The van der Waals surface area contributed by atoms with E-state index < -0.39 is 14.3 Å². The molecule has 0 amide bonds. The van der Waals surface area contributed by atoms with Crippen molar-refractivity contribution >= 4 is 46.1 Å². The van der Waals surface area contributed by atoms with Crippen LogP contribution in [0.3, 0.4) is 0 Å². The van der Waals surface area contributed by atoms with Gasteiger partial charge in [0.05, 0.1) is 0 Å². The average Bonchev–Trinajstić information content (AvgIpc) is 3.63. The smallest absolute Gasteiger partial charge is 0.248 e. The molecule has 0 saturated heterocycles. The summed E-state index contributed by atoms with van der Waals surface area (Å²) in [7, 11) is -6.17. The van der Waals surface area contributed by atoms with Gasteiger partial charge in [-0.15, -0.1) is 10.2 Å². The van der Waals surface area contributed by atoms with Crippen molar-refractivity contribution in [2.24, 2.45) is 0 Å². The maximum absolute atomic E-state index is 14.7. The molecule has 0 bridgehead atoms. The summed E-state index contributed by atoms with van der Waals surface area (Å²) in [5.41, 5.74) is 1.44. The summed E-state index contributed by atoms with van der Waals surface area (Å²) < 4.78 is 35.4. The molecular weight excluding hydrogens is 610 g/mol. The molecule has 7 rings (SSSR count). The maximum atomic E-state index is 14.7. The molecule has 0 spiro atoms. The molecule has 6 aromatic carbocycles. The van der Waals surface area contributed by atoms with Gasteiger partial charge in [0.15, 0.2) is 14.3 Å². The second-order valence-corrected chi connectivity index (χ2v) is 16.1. The van der Waals surface area contributed by atoms with Crippen LogP contribution in [0.5, 0.6) is 0 Å². The van der Waals surface area contributed by atoms with E-state index in [-0.39, 0.29) is 5.48 Å². The fourth-order valence-electron chi connectivity index (χ4n) is 5.53. The fourth-order valence-corrected chi connectivity index (χ4v) is 10.8. The van der Waals surface area contributed by atoms with E-state index in [1.807, 2.05) is 170 Å². The van der Waals surface area contributed by atoms with Gasteiger partial charge in [0.1, 0.15) is 0 Å². The summed E-state index contributed by atoms with van der Waals surface area (Å²) in [4.78, 5) is 0. The topological polar surface area (TPSA) is 105 Å². The lowest BCUT2D eigenvalue weighted by Gasteiger charge is -2.20. The van der Waals surface area contributed by atoms with Crippen LogP contribution in [0.25, 0.3) is 22.9 Å². The molecule has 0 unspecified atom stereocenters. The summed E-state index contributed by atoms with van der Waals surface area (Å²) in [6.45, 7) is 0. The summed E-state index contributed by atoms with van der Waals surface area (Å²) >= 11 is 0. The number of rotatable bonds is 8. The largest absolute Gasteiger partial charge is 0.416 e. The first-order valence-electron chi connectivity index (χ1n) is 14.5. The Bertz CT molecular complexity index is 1890. The highest BCUT2D eigenvalue weighted by Crippen LogP contribution is 2.43. The molecule has 7 aromatic rings. The molecule has 0 radical (unpaired) electrons. The van der Waals surface area contributed by atoms with E-state index in [9.17, 15) is 9.13 Å². The van der Waals surface area contributed by atoms with Gasteiger partial charge in [0, 0.05) is 43.0 Å². The van der Waals surface area contributed by atoms with Gasteiger partial charge in [-0.3, -0.25) is 0 Å². The van der Waals surface area contributed by atoms with E-state index in [1.54, 1.807) is 0 Å². The van der Waals surface area contributed by atoms with E-state index in [2.05, 4.69) is 10.2 Å². The van der Waals surface area contributed by atoms with Crippen molar-refractivity contribution < 1.29 is 19.0 Å². The number of benzene rings is 6. The second-order valence-electron chi connectivity index (χ2n) is 10.6. The summed E-state index contributed by atoms with van der Waals surface area (Å²) in [6, 6.07) is 53.2. The van der Waals surface area contributed by atoms with Gasteiger partial charge in [0.25, 0.3) is 0 Å². The molecule has 1 aromatic heterocycles. The Hall–Kier alpha value is -5.12. The van der Waals surface area contributed by atoms with Crippen LogP contribution in [-0.2, 0) is 9.13 Å². The summed E-state index contributed by atoms with van der Waals surface area (Å²) in [5, 5.41) is 13.1. The zero-order valence-electron chi connectivity index (χ0n) is 24.7. The lowest BCUT2D eigenvalue weighted by molar-refractivity contribution is 0.584. The molecule has 1 heterocycles. The van der Waals surface area contributed by atoms with Gasteiger partial charge in [-0.25, -0.2) is 0 Å². The SMILES string of the molecule is O.O=P(c1ccccc1)(c1ccccc1)c1ccc(-c2nnc(-c3ccc(P(=O)(c4ccccc4)c4ccccc4)cc3)o2)cc1. The third kappa shape index (κ3) is 5.59. The Morgan fingerprint density at radius 2 is 0.587 bits per heavy atom. The molecule has 226 valence electrons. The zero-order chi connectivity index (χ0) is 30.7. The van der Waals surface area contributed by atoms with Crippen molar-refractivity contribution in [3.05, 3.63) is 170 Å². The molecule has 0 atom stereocenters. The molecule has 0 saturated carbocycles. The first-order valence-corrected chi connectivity index (χ1v) is 18.0. The third-order valence-electron chi connectivity index (χ3n) is 7.86. The molecule has 0 aliphatic heterocycles. The van der Waals surface area contributed by atoms with Crippen molar-refractivity contribution in [1.29, 1.82) is 0 Å². The number of hydrogen-bond acceptors (Lipinski definition) is 5. The minimum Gasteiger partial charge on any atom is -0.416 e. The van der Waals surface area contributed by atoms with Crippen molar-refractivity contribution in [2.75, 3.05) is 0 Å². The van der Waals surface area contributed by atoms with Gasteiger partial charge >= 0.3 is 0 Å².